The quantitative estimate of drug-likeness (QED) is 0.375. The Hall–Kier alpha value is -3.01. The van der Waals surface area contributed by atoms with E-state index in [1.165, 1.54) is 24.1 Å². The van der Waals surface area contributed by atoms with E-state index in [2.05, 4.69) is 21.4 Å². The molecule has 1 saturated heterocycles. The molecule has 3 heterocycles. The fraction of sp³-hybridized carbons (Fsp3) is 0.333. The van der Waals surface area contributed by atoms with Crippen molar-refractivity contribution in [3.8, 4) is 5.00 Å². The van der Waals surface area contributed by atoms with Gasteiger partial charge in [0.1, 0.15) is 10.8 Å². The number of ketones is 1. The molecule has 0 bridgehead atoms. The zero-order valence-corrected chi connectivity index (χ0v) is 20.3. The van der Waals surface area contributed by atoms with Crippen LogP contribution >= 0.6 is 22.9 Å². The van der Waals surface area contributed by atoms with E-state index in [1.807, 2.05) is 30.6 Å². The molecule has 4 rings (SSSR count). The van der Waals surface area contributed by atoms with Gasteiger partial charge in [0.25, 0.3) is 0 Å². The SMILES string of the molecule is CCc1cc(C(=O)c2ccccc2Cl)c(-n2ccnc2CN2CCCCC2)s1.O=C(O)C(=O)O. The third-order valence-electron chi connectivity index (χ3n) is 5.41. The molecule has 1 aliphatic heterocycles. The molecule has 2 N–H and O–H groups in total. The number of rotatable bonds is 6. The van der Waals surface area contributed by atoms with Crippen LogP contribution in [0, 0.1) is 0 Å². The number of likely N-dealkylation sites (tertiary alicyclic amines) is 1. The Morgan fingerprint density at radius 2 is 1.74 bits per heavy atom. The first-order chi connectivity index (χ1) is 16.3. The molecule has 0 atom stereocenters. The van der Waals surface area contributed by atoms with Gasteiger partial charge in [-0.25, -0.2) is 14.6 Å². The van der Waals surface area contributed by atoms with E-state index in [0.717, 1.165) is 36.9 Å². The Labute approximate surface area is 206 Å². The van der Waals surface area contributed by atoms with Crippen molar-refractivity contribution in [3.05, 3.63) is 69.6 Å². The molecule has 1 aliphatic rings. The fourth-order valence-corrected chi connectivity index (χ4v) is 5.01. The summed E-state index contributed by atoms with van der Waals surface area (Å²) in [6.07, 6.45) is 8.49. The minimum atomic E-state index is -1.82. The molecule has 3 aromatic rings. The maximum absolute atomic E-state index is 13.3. The van der Waals surface area contributed by atoms with E-state index in [9.17, 15) is 4.79 Å². The first-order valence-corrected chi connectivity index (χ1v) is 12.1. The highest BCUT2D eigenvalue weighted by molar-refractivity contribution is 7.15. The predicted molar refractivity (Wildman–Crippen MR) is 130 cm³/mol. The summed E-state index contributed by atoms with van der Waals surface area (Å²) in [5.74, 6) is -2.70. The average molecular weight is 504 g/mol. The third kappa shape index (κ3) is 6.31. The highest BCUT2D eigenvalue weighted by Crippen LogP contribution is 2.31. The molecule has 180 valence electrons. The Morgan fingerprint density at radius 3 is 2.35 bits per heavy atom. The van der Waals surface area contributed by atoms with E-state index in [-0.39, 0.29) is 5.78 Å². The predicted octanol–water partition coefficient (Wildman–Crippen LogP) is 4.52. The van der Waals surface area contributed by atoms with Gasteiger partial charge in [0.15, 0.2) is 5.78 Å². The minimum absolute atomic E-state index is 0.0332. The maximum atomic E-state index is 13.3. The summed E-state index contributed by atoms with van der Waals surface area (Å²) in [6.45, 7) is 5.15. The number of carbonyl (C=O) groups excluding carboxylic acids is 1. The molecule has 0 radical (unpaired) electrons. The fourth-order valence-electron chi connectivity index (χ4n) is 3.69. The molecule has 1 fully saturated rings. The van der Waals surface area contributed by atoms with Gasteiger partial charge < -0.3 is 10.2 Å². The van der Waals surface area contributed by atoms with Gasteiger partial charge in [-0.1, -0.05) is 37.1 Å². The van der Waals surface area contributed by atoms with Crippen LogP contribution in [0.25, 0.3) is 5.00 Å². The molecular formula is C24H26ClN3O5S. The van der Waals surface area contributed by atoms with Gasteiger partial charge in [0.2, 0.25) is 0 Å². The second-order valence-corrected chi connectivity index (χ2v) is 9.28. The van der Waals surface area contributed by atoms with Crippen molar-refractivity contribution in [1.82, 2.24) is 14.5 Å². The van der Waals surface area contributed by atoms with Crippen LogP contribution in [0.2, 0.25) is 5.02 Å². The number of imidazole rings is 1. The summed E-state index contributed by atoms with van der Waals surface area (Å²) >= 11 is 7.97. The van der Waals surface area contributed by atoms with Crippen LogP contribution in [0.15, 0.2) is 42.7 Å². The lowest BCUT2D eigenvalue weighted by atomic mass is 10.0. The van der Waals surface area contributed by atoms with Gasteiger partial charge in [-0.05, 0) is 50.6 Å². The maximum Gasteiger partial charge on any atom is 0.414 e. The van der Waals surface area contributed by atoms with Crippen LogP contribution in [-0.4, -0.2) is 55.5 Å². The van der Waals surface area contributed by atoms with Gasteiger partial charge >= 0.3 is 11.9 Å². The van der Waals surface area contributed by atoms with E-state index in [1.54, 1.807) is 23.5 Å². The van der Waals surface area contributed by atoms with Crippen molar-refractivity contribution in [1.29, 1.82) is 0 Å². The van der Waals surface area contributed by atoms with Gasteiger partial charge in [0.05, 0.1) is 17.1 Å². The Balaban J connectivity index is 0.000000481. The average Bonchev–Trinajstić information content (AvgIpc) is 3.46. The number of piperidine rings is 1. The number of carboxylic acids is 2. The van der Waals surface area contributed by atoms with Crippen LogP contribution in [0.1, 0.15) is 52.8 Å². The van der Waals surface area contributed by atoms with Gasteiger partial charge in [-0.3, -0.25) is 14.3 Å². The zero-order valence-electron chi connectivity index (χ0n) is 18.7. The summed E-state index contributed by atoms with van der Waals surface area (Å²) in [5.41, 5.74) is 1.25. The molecule has 0 unspecified atom stereocenters. The van der Waals surface area contributed by atoms with Crippen LogP contribution < -0.4 is 0 Å². The van der Waals surface area contributed by atoms with Crippen LogP contribution in [0.5, 0.6) is 0 Å². The first-order valence-electron chi connectivity index (χ1n) is 10.9. The lowest BCUT2D eigenvalue weighted by Crippen LogP contribution is -2.30. The zero-order chi connectivity index (χ0) is 24.7. The van der Waals surface area contributed by atoms with E-state index < -0.39 is 11.9 Å². The number of benzene rings is 1. The summed E-state index contributed by atoms with van der Waals surface area (Å²) in [4.78, 5) is 39.7. The normalized spacial score (nSPS) is 13.7. The topological polar surface area (TPSA) is 113 Å². The van der Waals surface area contributed by atoms with Crippen molar-refractivity contribution in [2.75, 3.05) is 13.1 Å². The van der Waals surface area contributed by atoms with E-state index in [4.69, 9.17) is 31.4 Å². The van der Waals surface area contributed by atoms with Crippen LogP contribution in [0.4, 0.5) is 0 Å². The third-order valence-corrected chi connectivity index (χ3v) is 7.02. The summed E-state index contributed by atoms with van der Waals surface area (Å²) in [7, 11) is 0. The largest absolute Gasteiger partial charge is 0.473 e. The highest BCUT2D eigenvalue weighted by atomic mass is 35.5. The standard InChI is InChI=1S/C22H24ClN3OS.C2H2O4/c1-2-16-14-18(21(27)17-8-4-5-9-19(17)23)22(28-16)26-13-10-24-20(26)15-25-11-6-3-7-12-25;3-1(4)2(5)6/h4-5,8-10,13-14H,2-3,6-7,11-12,15H2,1H3;(H,3,4)(H,5,6). The van der Waals surface area contributed by atoms with Crippen molar-refractivity contribution in [3.63, 3.8) is 0 Å². The number of halogens is 1. The number of hydrogen-bond acceptors (Lipinski definition) is 6. The number of carbonyl (C=O) groups is 3. The number of nitrogens with zero attached hydrogens (tertiary/aromatic N) is 3. The molecule has 0 aliphatic carbocycles. The lowest BCUT2D eigenvalue weighted by Gasteiger charge is -2.26. The molecule has 10 heteroatoms. The van der Waals surface area contributed by atoms with Crippen LogP contribution in [-0.2, 0) is 22.6 Å². The molecular weight excluding hydrogens is 478 g/mol. The van der Waals surface area contributed by atoms with Gasteiger partial charge in [0, 0.05) is 22.8 Å². The Kier molecular flexibility index (Phi) is 8.98. The van der Waals surface area contributed by atoms with E-state index >= 15 is 0 Å². The second kappa shape index (κ2) is 11.9. The summed E-state index contributed by atoms with van der Waals surface area (Å²) in [6, 6.07) is 9.26. The summed E-state index contributed by atoms with van der Waals surface area (Å²) < 4.78 is 2.09. The van der Waals surface area contributed by atoms with E-state index in [0.29, 0.717) is 16.1 Å². The molecule has 0 spiro atoms. The Morgan fingerprint density at radius 1 is 1.06 bits per heavy atom. The summed E-state index contributed by atoms with van der Waals surface area (Å²) in [5, 5.41) is 16.2. The molecule has 0 amide bonds. The van der Waals surface area contributed by atoms with Gasteiger partial charge in [-0.2, -0.15) is 0 Å². The molecule has 34 heavy (non-hydrogen) atoms. The highest BCUT2D eigenvalue weighted by Gasteiger charge is 2.22. The monoisotopic (exact) mass is 503 g/mol. The number of aliphatic carboxylic acids is 2. The first kappa shape index (κ1) is 25.6. The number of thiophene rings is 1. The van der Waals surface area contributed by atoms with Crippen molar-refractivity contribution in [2.24, 2.45) is 0 Å². The van der Waals surface area contributed by atoms with Crippen molar-refractivity contribution >= 4 is 40.7 Å². The Bertz CT molecular complexity index is 1160. The number of aromatic nitrogens is 2. The smallest absolute Gasteiger partial charge is 0.414 e. The van der Waals surface area contributed by atoms with Crippen LogP contribution in [0.3, 0.4) is 0 Å². The molecule has 0 saturated carbocycles. The van der Waals surface area contributed by atoms with Gasteiger partial charge in [-0.15, -0.1) is 11.3 Å². The number of carboxylic acid groups (broad SMARTS) is 2. The minimum Gasteiger partial charge on any atom is -0.473 e. The number of hydrogen-bond donors (Lipinski definition) is 2. The second-order valence-electron chi connectivity index (χ2n) is 7.75. The molecule has 1 aromatic carbocycles. The number of aryl methyl sites for hydroxylation is 1. The van der Waals surface area contributed by atoms with Crippen molar-refractivity contribution in [2.45, 2.75) is 39.2 Å². The molecule has 8 nitrogen and oxygen atoms in total. The lowest BCUT2D eigenvalue weighted by molar-refractivity contribution is -0.159. The molecule has 2 aromatic heterocycles. The van der Waals surface area contributed by atoms with Crippen molar-refractivity contribution < 1.29 is 24.6 Å².